The summed E-state index contributed by atoms with van der Waals surface area (Å²) in [6.45, 7) is 4.77. The number of halogens is 2. The van der Waals surface area contributed by atoms with Gasteiger partial charge in [0.2, 0.25) is 0 Å². The monoisotopic (exact) mass is 361 g/mol. The van der Waals surface area contributed by atoms with Gasteiger partial charge in [-0.25, -0.2) is 17.2 Å². The Labute approximate surface area is 142 Å². The van der Waals surface area contributed by atoms with Crippen LogP contribution < -0.4 is 10.6 Å². The first-order valence-corrected chi connectivity index (χ1v) is 9.94. The van der Waals surface area contributed by atoms with E-state index in [-0.39, 0.29) is 11.8 Å². The molecule has 0 saturated heterocycles. The van der Waals surface area contributed by atoms with Crippen LogP contribution in [-0.4, -0.2) is 45.5 Å². The third kappa shape index (κ3) is 8.24. The first kappa shape index (κ1) is 20.3. The van der Waals surface area contributed by atoms with Crippen LogP contribution in [0.4, 0.5) is 8.78 Å². The van der Waals surface area contributed by atoms with Crippen molar-refractivity contribution in [1.82, 2.24) is 10.6 Å². The van der Waals surface area contributed by atoms with Crippen molar-refractivity contribution in [2.24, 2.45) is 4.99 Å². The molecule has 1 aromatic carbocycles. The van der Waals surface area contributed by atoms with Crippen LogP contribution in [0.15, 0.2) is 23.2 Å². The lowest BCUT2D eigenvalue weighted by molar-refractivity contribution is 0.571. The minimum atomic E-state index is -3.00. The minimum Gasteiger partial charge on any atom is -0.357 e. The van der Waals surface area contributed by atoms with E-state index in [9.17, 15) is 17.2 Å². The fourth-order valence-corrected chi connectivity index (χ4v) is 2.81. The molecular weight excluding hydrogens is 336 g/mol. The van der Waals surface area contributed by atoms with Gasteiger partial charge in [-0.3, -0.25) is 4.99 Å². The highest BCUT2D eigenvalue weighted by molar-refractivity contribution is 7.90. The van der Waals surface area contributed by atoms with Gasteiger partial charge in [0.25, 0.3) is 0 Å². The van der Waals surface area contributed by atoms with Crippen molar-refractivity contribution in [3.63, 3.8) is 0 Å². The zero-order valence-electron chi connectivity index (χ0n) is 14.3. The second kappa shape index (κ2) is 9.56. The van der Waals surface area contributed by atoms with Crippen LogP contribution in [0.3, 0.4) is 0 Å². The molecule has 8 heteroatoms. The van der Waals surface area contributed by atoms with Crippen LogP contribution in [0.2, 0.25) is 0 Å². The number of nitrogens with one attached hydrogen (secondary N) is 2. The molecule has 0 aromatic heterocycles. The zero-order valence-corrected chi connectivity index (χ0v) is 15.1. The molecular formula is C16H25F2N3O2S. The summed E-state index contributed by atoms with van der Waals surface area (Å²) in [7, 11) is -3.00. The van der Waals surface area contributed by atoms with Gasteiger partial charge in [-0.1, -0.05) is 6.07 Å². The maximum atomic E-state index is 13.6. The summed E-state index contributed by atoms with van der Waals surface area (Å²) in [5.41, 5.74) is 0.404. The van der Waals surface area contributed by atoms with Crippen LogP contribution in [0, 0.1) is 11.6 Å². The third-order valence-corrected chi connectivity index (χ3v) is 4.29. The number of sulfone groups is 1. The van der Waals surface area contributed by atoms with E-state index in [1.54, 1.807) is 0 Å². The van der Waals surface area contributed by atoms with E-state index in [4.69, 9.17) is 0 Å². The van der Waals surface area contributed by atoms with Gasteiger partial charge in [0.15, 0.2) is 5.96 Å². The standard InChI is InChI=1S/C16H25F2N3O2S/c1-4-19-16(21-12(2)8-10-24(3,22)23)20-9-7-13-5-6-14(17)11-15(13)18/h5-6,11-12H,4,7-10H2,1-3H3,(H2,19,20,21). The van der Waals surface area contributed by atoms with Crippen molar-refractivity contribution in [3.05, 3.63) is 35.4 Å². The summed E-state index contributed by atoms with van der Waals surface area (Å²) < 4.78 is 48.8. The maximum absolute atomic E-state index is 13.6. The molecule has 2 N–H and O–H groups in total. The van der Waals surface area contributed by atoms with E-state index in [0.717, 1.165) is 6.07 Å². The van der Waals surface area contributed by atoms with Gasteiger partial charge in [0, 0.05) is 31.5 Å². The van der Waals surface area contributed by atoms with E-state index in [2.05, 4.69) is 15.6 Å². The maximum Gasteiger partial charge on any atom is 0.191 e. The fourth-order valence-electron chi connectivity index (χ4n) is 2.03. The second-order valence-corrected chi connectivity index (χ2v) is 7.97. The highest BCUT2D eigenvalue weighted by Crippen LogP contribution is 2.10. The van der Waals surface area contributed by atoms with Gasteiger partial charge in [-0.2, -0.15) is 0 Å². The number of hydrogen-bond donors (Lipinski definition) is 2. The normalized spacial score (nSPS) is 13.6. The molecule has 0 amide bonds. The van der Waals surface area contributed by atoms with E-state index in [1.165, 1.54) is 18.4 Å². The summed E-state index contributed by atoms with van der Waals surface area (Å²) in [6, 6.07) is 3.42. The molecule has 1 unspecified atom stereocenters. The predicted molar refractivity (Wildman–Crippen MR) is 93.0 cm³/mol. The molecule has 0 fully saturated rings. The van der Waals surface area contributed by atoms with E-state index >= 15 is 0 Å². The summed E-state index contributed by atoms with van der Waals surface area (Å²) in [5, 5.41) is 6.18. The Morgan fingerprint density at radius 2 is 2.04 bits per heavy atom. The first-order valence-electron chi connectivity index (χ1n) is 7.87. The van der Waals surface area contributed by atoms with Gasteiger partial charge >= 0.3 is 0 Å². The lowest BCUT2D eigenvalue weighted by Gasteiger charge is -2.17. The molecule has 1 rings (SSSR count). The summed E-state index contributed by atoms with van der Waals surface area (Å²) in [5.74, 6) is -0.540. The van der Waals surface area contributed by atoms with Crippen molar-refractivity contribution < 1.29 is 17.2 Å². The van der Waals surface area contributed by atoms with Crippen LogP contribution in [0.1, 0.15) is 25.8 Å². The molecule has 0 saturated carbocycles. The molecule has 0 aliphatic carbocycles. The van der Waals surface area contributed by atoms with Crippen molar-refractivity contribution in [2.75, 3.05) is 25.1 Å². The number of nitrogens with zero attached hydrogens (tertiary/aromatic N) is 1. The molecule has 136 valence electrons. The van der Waals surface area contributed by atoms with Crippen molar-refractivity contribution in [3.8, 4) is 0 Å². The van der Waals surface area contributed by atoms with Gasteiger partial charge in [0.1, 0.15) is 21.5 Å². The quantitative estimate of drug-likeness (QED) is 0.548. The van der Waals surface area contributed by atoms with Crippen molar-refractivity contribution in [1.29, 1.82) is 0 Å². The number of guanidine groups is 1. The van der Waals surface area contributed by atoms with Gasteiger partial charge < -0.3 is 10.6 Å². The summed E-state index contributed by atoms with van der Waals surface area (Å²) in [6.07, 6.45) is 2.02. The van der Waals surface area contributed by atoms with E-state index in [1.807, 2.05) is 13.8 Å². The minimum absolute atomic E-state index is 0.0694. The first-order chi connectivity index (χ1) is 11.2. The Morgan fingerprint density at radius 1 is 1.33 bits per heavy atom. The molecule has 1 aromatic rings. The molecule has 5 nitrogen and oxygen atoms in total. The summed E-state index contributed by atoms with van der Waals surface area (Å²) >= 11 is 0. The van der Waals surface area contributed by atoms with Crippen molar-refractivity contribution >= 4 is 15.8 Å². The average Bonchev–Trinajstić information content (AvgIpc) is 2.47. The Balaban J connectivity index is 2.58. The zero-order chi connectivity index (χ0) is 18.2. The SMILES string of the molecule is CCNC(=NCCc1ccc(F)cc1F)NC(C)CCS(C)(=O)=O. The van der Waals surface area contributed by atoms with Crippen molar-refractivity contribution in [2.45, 2.75) is 32.7 Å². The number of benzene rings is 1. The number of rotatable bonds is 8. The molecule has 0 aliphatic rings. The molecule has 0 bridgehead atoms. The Morgan fingerprint density at radius 3 is 2.62 bits per heavy atom. The van der Waals surface area contributed by atoms with Gasteiger partial charge in [-0.15, -0.1) is 0 Å². The van der Waals surface area contributed by atoms with Gasteiger partial charge in [0.05, 0.1) is 5.75 Å². The average molecular weight is 361 g/mol. The Kier molecular flexibility index (Phi) is 8.10. The topological polar surface area (TPSA) is 70.6 Å². The predicted octanol–water partition coefficient (Wildman–Crippen LogP) is 1.89. The lowest BCUT2D eigenvalue weighted by atomic mass is 10.1. The number of hydrogen-bond acceptors (Lipinski definition) is 3. The molecule has 0 aliphatic heterocycles. The van der Waals surface area contributed by atoms with Gasteiger partial charge in [-0.05, 0) is 38.3 Å². The van der Waals surface area contributed by atoms with Crippen LogP contribution in [0.25, 0.3) is 0 Å². The van der Waals surface area contributed by atoms with E-state index < -0.39 is 21.5 Å². The van der Waals surface area contributed by atoms with Crippen LogP contribution >= 0.6 is 0 Å². The van der Waals surface area contributed by atoms with Crippen LogP contribution in [0.5, 0.6) is 0 Å². The molecule has 0 spiro atoms. The van der Waals surface area contributed by atoms with E-state index in [0.29, 0.717) is 37.5 Å². The Bertz CT molecular complexity index is 663. The lowest BCUT2D eigenvalue weighted by Crippen LogP contribution is -2.43. The Hall–Kier alpha value is -1.70. The third-order valence-electron chi connectivity index (χ3n) is 3.32. The highest BCUT2D eigenvalue weighted by atomic mass is 32.2. The molecule has 24 heavy (non-hydrogen) atoms. The summed E-state index contributed by atoms with van der Waals surface area (Å²) in [4.78, 5) is 4.34. The molecule has 1 atom stereocenters. The fraction of sp³-hybridized carbons (Fsp3) is 0.562. The highest BCUT2D eigenvalue weighted by Gasteiger charge is 2.09. The largest absolute Gasteiger partial charge is 0.357 e. The van der Waals surface area contributed by atoms with Crippen LogP contribution in [-0.2, 0) is 16.3 Å². The molecule has 0 heterocycles. The molecule has 0 radical (unpaired) electrons. The number of aliphatic imine (C=N–C) groups is 1. The smallest absolute Gasteiger partial charge is 0.191 e. The second-order valence-electron chi connectivity index (χ2n) is 5.71.